The summed E-state index contributed by atoms with van der Waals surface area (Å²) in [6, 6.07) is 14.1. The lowest BCUT2D eigenvalue weighted by atomic mass is 9.88. The number of anilines is 2. The minimum Gasteiger partial charge on any atom is -0.356 e. The number of aromatic nitrogens is 2. The van der Waals surface area contributed by atoms with Crippen LogP contribution in [0.25, 0.3) is 11.3 Å². The highest BCUT2D eigenvalue weighted by molar-refractivity contribution is 7.91. The first-order chi connectivity index (χ1) is 13.6. The van der Waals surface area contributed by atoms with Crippen molar-refractivity contribution in [3.05, 3.63) is 66.1 Å². The van der Waals surface area contributed by atoms with Crippen LogP contribution in [-0.2, 0) is 22.7 Å². The molecule has 0 amide bonds. The second-order valence-corrected chi connectivity index (χ2v) is 9.76. The third kappa shape index (κ3) is 3.97. The second kappa shape index (κ2) is 7.80. The van der Waals surface area contributed by atoms with Crippen molar-refractivity contribution in [1.29, 1.82) is 0 Å². The standard InChI is InChI=1S/C22H25N3O2S/c1-2-28(26,27)15-16-8-9-19-20(14-16)25-21(17-10-12-23-13-11-17)22(19)24-18-6-4-3-5-7-18/h3-7,10-13,16,24-25H,2,8-9,14-15H2,1H3. The summed E-state index contributed by atoms with van der Waals surface area (Å²) in [4.78, 5) is 7.71. The largest absolute Gasteiger partial charge is 0.356 e. The molecule has 1 aliphatic carbocycles. The maximum absolute atomic E-state index is 12.1. The van der Waals surface area contributed by atoms with Crippen LogP contribution < -0.4 is 5.32 Å². The van der Waals surface area contributed by atoms with Crippen molar-refractivity contribution in [3.8, 4) is 11.3 Å². The van der Waals surface area contributed by atoms with E-state index in [9.17, 15) is 8.42 Å². The van der Waals surface area contributed by atoms with Gasteiger partial charge in [-0.1, -0.05) is 25.1 Å². The Hall–Kier alpha value is -2.60. The van der Waals surface area contributed by atoms with Gasteiger partial charge in [0, 0.05) is 35.1 Å². The molecule has 0 bridgehead atoms. The number of sulfone groups is 1. The van der Waals surface area contributed by atoms with Gasteiger partial charge in [0.1, 0.15) is 9.84 Å². The van der Waals surface area contributed by atoms with Crippen LogP contribution in [0.2, 0.25) is 0 Å². The van der Waals surface area contributed by atoms with Crippen LogP contribution in [0.3, 0.4) is 0 Å². The number of hydrogen-bond donors (Lipinski definition) is 2. The molecule has 2 heterocycles. The average Bonchev–Trinajstić information content (AvgIpc) is 3.07. The molecule has 0 spiro atoms. The molecule has 2 N–H and O–H groups in total. The number of para-hydroxylation sites is 1. The number of hydrogen-bond acceptors (Lipinski definition) is 4. The second-order valence-electron chi connectivity index (χ2n) is 7.37. The summed E-state index contributed by atoms with van der Waals surface area (Å²) in [6.45, 7) is 1.72. The van der Waals surface area contributed by atoms with Crippen LogP contribution >= 0.6 is 0 Å². The van der Waals surface area contributed by atoms with Crippen molar-refractivity contribution in [1.82, 2.24) is 9.97 Å². The summed E-state index contributed by atoms with van der Waals surface area (Å²) in [6.07, 6.45) is 6.11. The first-order valence-electron chi connectivity index (χ1n) is 9.72. The quantitative estimate of drug-likeness (QED) is 0.650. The van der Waals surface area contributed by atoms with Crippen molar-refractivity contribution in [3.63, 3.8) is 0 Å². The Bertz CT molecular complexity index is 1040. The molecule has 3 aromatic rings. The predicted octanol–water partition coefficient (Wildman–Crippen LogP) is 4.36. The van der Waals surface area contributed by atoms with Gasteiger partial charge in [-0.2, -0.15) is 0 Å². The molecule has 1 unspecified atom stereocenters. The summed E-state index contributed by atoms with van der Waals surface area (Å²) in [7, 11) is -2.96. The van der Waals surface area contributed by atoms with Gasteiger partial charge in [0.25, 0.3) is 0 Å². The van der Waals surface area contributed by atoms with E-state index in [2.05, 4.69) is 27.4 Å². The Morgan fingerprint density at radius 2 is 1.89 bits per heavy atom. The molecule has 6 heteroatoms. The summed E-state index contributed by atoms with van der Waals surface area (Å²) >= 11 is 0. The van der Waals surface area contributed by atoms with E-state index in [1.54, 1.807) is 19.3 Å². The molecule has 0 radical (unpaired) electrons. The zero-order valence-electron chi connectivity index (χ0n) is 16.0. The van der Waals surface area contributed by atoms with Crippen LogP contribution in [-0.4, -0.2) is 29.9 Å². The molecule has 0 aliphatic heterocycles. The zero-order chi connectivity index (χ0) is 19.6. The van der Waals surface area contributed by atoms with Gasteiger partial charge >= 0.3 is 0 Å². The molecule has 1 aromatic carbocycles. The molecule has 1 atom stereocenters. The molecule has 1 aliphatic rings. The van der Waals surface area contributed by atoms with Gasteiger partial charge in [0.15, 0.2) is 0 Å². The minimum atomic E-state index is -2.96. The van der Waals surface area contributed by atoms with Gasteiger partial charge in [0.05, 0.1) is 17.1 Å². The number of pyridine rings is 1. The third-order valence-electron chi connectivity index (χ3n) is 5.43. The molecule has 28 heavy (non-hydrogen) atoms. The molecule has 5 nitrogen and oxygen atoms in total. The topological polar surface area (TPSA) is 74.8 Å². The average molecular weight is 396 g/mol. The molecular formula is C22H25N3O2S. The highest BCUT2D eigenvalue weighted by Gasteiger charge is 2.28. The fourth-order valence-electron chi connectivity index (χ4n) is 3.94. The molecular weight excluding hydrogens is 370 g/mol. The summed E-state index contributed by atoms with van der Waals surface area (Å²) < 4.78 is 24.2. The van der Waals surface area contributed by atoms with Crippen LogP contribution in [0.5, 0.6) is 0 Å². The fourth-order valence-corrected chi connectivity index (χ4v) is 5.18. The number of nitrogens with one attached hydrogen (secondary N) is 2. The van der Waals surface area contributed by atoms with Crippen molar-refractivity contribution in [2.75, 3.05) is 16.8 Å². The van der Waals surface area contributed by atoms with E-state index in [4.69, 9.17) is 0 Å². The van der Waals surface area contributed by atoms with Gasteiger partial charge in [-0.15, -0.1) is 0 Å². The van der Waals surface area contributed by atoms with Crippen molar-refractivity contribution < 1.29 is 8.42 Å². The first kappa shape index (κ1) is 18.7. The summed E-state index contributed by atoms with van der Waals surface area (Å²) in [5.41, 5.74) is 6.64. The van der Waals surface area contributed by atoms with E-state index in [-0.39, 0.29) is 17.4 Å². The Morgan fingerprint density at radius 3 is 2.61 bits per heavy atom. The zero-order valence-corrected chi connectivity index (χ0v) is 16.8. The normalized spacial score (nSPS) is 16.5. The molecule has 4 rings (SSSR count). The van der Waals surface area contributed by atoms with Crippen LogP contribution in [0, 0.1) is 5.92 Å². The Labute approximate surface area is 166 Å². The molecule has 0 saturated carbocycles. The van der Waals surface area contributed by atoms with Crippen molar-refractivity contribution in [2.24, 2.45) is 5.92 Å². The number of benzene rings is 1. The lowest BCUT2D eigenvalue weighted by Gasteiger charge is -2.22. The lowest BCUT2D eigenvalue weighted by molar-refractivity contribution is 0.488. The smallest absolute Gasteiger partial charge is 0.150 e. The maximum Gasteiger partial charge on any atom is 0.150 e. The number of aromatic amines is 1. The predicted molar refractivity (Wildman–Crippen MR) is 114 cm³/mol. The molecule has 146 valence electrons. The highest BCUT2D eigenvalue weighted by atomic mass is 32.2. The van der Waals surface area contributed by atoms with E-state index in [0.29, 0.717) is 0 Å². The van der Waals surface area contributed by atoms with Crippen LogP contribution in [0.4, 0.5) is 11.4 Å². The molecule has 2 aromatic heterocycles. The summed E-state index contributed by atoms with van der Waals surface area (Å²) in [5, 5.41) is 3.58. The van der Waals surface area contributed by atoms with Crippen molar-refractivity contribution >= 4 is 21.2 Å². The SMILES string of the molecule is CCS(=O)(=O)CC1CCc2c([nH]c(-c3ccncc3)c2Nc2ccccc2)C1. The number of H-pyrrole nitrogens is 1. The monoisotopic (exact) mass is 395 g/mol. The highest BCUT2D eigenvalue weighted by Crippen LogP contribution is 2.40. The van der Waals surface area contributed by atoms with E-state index < -0.39 is 9.84 Å². The lowest BCUT2D eigenvalue weighted by Crippen LogP contribution is -2.23. The first-order valence-corrected chi connectivity index (χ1v) is 11.5. The van der Waals surface area contributed by atoms with Gasteiger partial charge in [-0.05, 0) is 55.0 Å². The number of rotatable bonds is 6. The Morgan fingerprint density at radius 1 is 1.14 bits per heavy atom. The summed E-state index contributed by atoms with van der Waals surface area (Å²) in [5.74, 6) is 0.656. The maximum atomic E-state index is 12.1. The molecule has 0 saturated heterocycles. The number of nitrogens with zero attached hydrogens (tertiary/aromatic N) is 1. The van der Waals surface area contributed by atoms with E-state index in [1.165, 1.54) is 5.56 Å². The number of fused-ring (bicyclic) bond motifs is 1. The minimum absolute atomic E-state index is 0.172. The van der Waals surface area contributed by atoms with Crippen molar-refractivity contribution in [2.45, 2.75) is 26.2 Å². The molecule has 0 fully saturated rings. The van der Waals surface area contributed by atoms with E-state index in [0.717, 1.165) is 47.6 Å². The van der Waals surface area contributed by atoms with Gasteiger partial charge in [-0.3, -0.25) is 4.98 Å². The van der Waals surface area contributed by atoms with Gasteiger partial charge < -0.3 is 10.3 Å². The van der Waals surface area contributed by atoms with Gasteiger partial charge in [-0.25, -0.2) is 8.42 Å². The third-order valence-corrected chi connectivity index (χ3v) is 7.29. The van der Waals surface area contributed by atoms with Gasteiger partial charge in [0.2, 0.25) is 0 Å². The Balaban J connectivity index is 1.70. The fraction of sp³-hybridized carbons (Fsp3) is 0.318. The van der Waals surface area contributed by atoms with Crippen LogP contribution in [0.15, 0.2) is 54.9 Å². The Kier molecular flexibility index (Phi) is 5.22. The van der Waals surface area contributed by atoms with Crippen LogP contribution in [0.1, 0.15) is 24.6 Å². The van der Waals surface area contributed by atoms with E-state index in [1.807, 2.05) is 30.3 Å². The van der Waals surface area contributed by atoms with E-state index >= 15 is 0 Å².